The molecule has 2 aromatic rings. The van der Waals surface area contributed by atoms with E-state index in [1.54, 1.807) is 17.4 Å². The number of aryl methyl sites for hydroxylation is 1. The molecule has 0 fully saturated rings. The number of thiazole rings is 1. The molecular weight excluding hydrogens is 194 g/mol. The number of hydrogen-bond donors (Lipinski definition) is 1. The lowest BCUT2D eigenvalue weighted by Gasteiger charge is -1.92. The van der Waals surface area contributed by atoms with E-state index in [0.29, 0.717) is 0 Å². The fourth-order valence-electron chi connectivity index (χ4n) is 1.35. The molecular formula is C11H11NOS. The smallest absolute Gasteiger partial charge is 0.0907 e. The van der Waals surface area contributed by atoms with Crippen molar-refractivity contribution in [2.24, 2.45) is 0 Å². The maximum absolute atomic E-state index is 8.64. The molecule has 0 radical (unpaired) electrons. The summed E-state index contributed by atoms with van der Waals surface area (Å²) in [6, 6.07) is 6.13. The van der Waals surface area contributed by atoms with Crippen molar-refractivity contribution in [1.29, 1.82) is 0 Å². The third kappa shape index (κ3) is 1.84. The molecule has 2 nitrogen and oxygen atoms in total. The average molecular weight is 205 g/mol. The molecule has 1 aromatic carbocycles. The van der Waals surface area contributed by atoms with E-state index in [0.717, 1.165) is 16.1 Å². The molecule has 0 atom stereocenters. The molecule has 0 aliphatic rings. The molecule has 0 unspecified atom stereocenters. The molecule has 0 amide bonds. The van der Waals surface area contributed by atoms with Crippen LogP contribution in [0.1, 0.15) is 10.6 Å². The first-order valence-corrected chi connectivity index (χ1v) is 5.26. The zero-order chi connectivity index (χ0) is 9.97. The summed E-state index contributed by atoms with van der Waals surface area (Å²) < 4.78 is 1.21. The number of hydrogen-bond acceptors (Lipinski definition) is 3. The minimum Gasteiger partial charge on any atom is -0.392 e. The minimum absolute atomic E-state index is 0.0775. The van der Waals surface area contributed by atoms with E-state index in [2.05, 4.69) is 11.1 Å². The summed E-state index contributed by atoms with van der Waals surface area (Å²) in [6.45, 7) is 2.09. The largest absolute Gasteiger partial charge is 0.392 e. The number of aliphatic hydroxyl groups is 1. The molecule has 1 aromatic heterocycles. The molecule has 0 bridgehead atoms. The highest BCUT2D eigenvalue weighted by molar-refractivity contribution is 7.18. The lowest BCUT2D eigenvalue weighted by Crippen LogP contribution is -1.75. The Kier molecular flexibility index (Phi) is 2.61. The van der Waals surface area contributed by atoms with Crippen molar-refractivity contribution in [2.45, 2.75) is 6.92 Å². The van der Waals surface area contributed by atoms with Crippen LogP contribution in [-0.2, 0) is 0 Å². The van der Waals surface area contributed by atoms with Crippen molar-refractivity contribution in [1.82, 2.24) is 4.98 Å². The van der Waals surface area contributed by atoms with Gasteiger partial charge in [0.25, 0.3) is 0 Å². The van der Waals surface area contributed by atoms with Gasteiger partial charge in [0.1, 0.15) is 0 Å². The van der Waals surface area contributed by atoms with Gasteiger partial charge in [0.15, 0.2) is 0 Å². The van der Waals surface area contributed by atoms with Gasteiger partial charge in [-0.1, -0.05) is 18.2 Å². The van der Waals surface area contributed by atoms with Crippen LogP contribution in [-0.4, -0.2) is 16.7 Å². The van der Waals surface area contributed by atoms with Crippen LogP contribution in [0, 0.1) is 6.92 Å². The van der Waals surface area contributed by atoms with E-state index in [1.807, 2.05) is 25.1 Å². The number of rotatable bonds is 2. The highest BCUT2D eigenvalue weighted by atomic mass is 32.1. The Hall–Kier alpha value is -1.19. The van der Waals surface area contributed by atoms with Gasteiger partial charge in [-0.3, -0.25) is 0 Å². The molecule has 2 rings (SSSR count). The van der Waals surface area contributed by atoms with Gasteiger partial charge in [0.2, 0.25) is 0 Å². The molecule has 0 aliphatic heterocycles. The van der Waals surface area contributed by atoms with E-state index in [-0.39, 0.29) is 6.61 Å². The minimum atomic E-state index is 0.0775. The van der Waals surface area contributed by atoms with Gasteiger partial charge >= 0.3 is 0 Å². The number of benzene rings is 1. The van der Waals surface area contributed by atoms with Crippen molar-refractivity contribution in [2.75, 3.05) is 6.61 Å². The summed E-state index contributed by atoms with van der Waals surface area (Å²) in [5.74, 6) is 0. The van der Waals surface area contributed by atoms with Crippen LogP contribution in [0.4, 0.5) is 0 Å². The predicted octanol–water partition coefficient (Wildman–Crippen LogP) is 2.61. The highest BCUT2D eigenvalue weighted by Crippen LogP contribution is 2.22. The van der Waals surface area contributed by atoms with Crippen molar-refractivity contribution < 1.29 is 5.11 Å². The normalized spacial score (nSPS) is 11.6. The fourth-order valence-corrected chi connectivity index (χ4v) is 2.16. The molecule has 1 heterocycles. The first kappa shape index (κ1) is 9.37. The summed E-state index contributed by atoms with van der Waals surface area (Å²) in [7, 11) is 0. The van der Waals surface area contributed by atoms with Gasteiger partial charge in [-0.25, -0.2) is 4.98 Å². The van der Waals surface area contributed by atoms with Gasteiger partial charge in [-0.15, -0.1) is 11.3 Å². The van der Waals surface area contributed by atoms with Crippen LogP contribution >= 0.6 is 11.3 Å². The molecule has 3 heteroatoms. The number of nitrogens with zero attached hydrogens (tertiary/aromatic N) is 1. The molecule has 0 saturated heterocycles. The Morgan fingerprint density at radius 3 is 3.14 bits per heavy atom. The van der Waals surface area contributed by atoms with Gasteiger partial charge in [-0.2, -0.15) is 0 Å². The second kappa shape index (κ2) is 3.90. The zero-order valence-corrected chi connectivity index (χ0v) is 8.71. The first-order chi connectivity index (χ1) is 6.79. The van der Waals surface area contributed by atoms with Crippen LogP contribution < -0.4 is 0 Å². The predicted molar refractivity (Wildman–Crippen MR) is 60.5 cm³/mol. The second-order valence-electron chi connectivity index (χ2n) is 3.04. The topological polar surface area (TPSA) is 33.1 Å². The maximum atomic E-state index is 8.64. The summed E-state index contributed by atoms with van der Waals surface area (Å²) in [6.07, 6.45) is 3.62. The Morgan fingerprint density at radius 2 is 2.36 bits per heavy atom. The van der Waals surface area contributed by atoms with Crippen LogP contribution in [0.3, 0.4) is 0 Å². The van der Waals surface area contributed by atoms with Crippen molar-refractivity contribution in [3.63, 3.8) is 0 Å². The van der Waals surface area contributed by atoms with E-state index >= 15 is 0 Å². The standard InChI is InChI=1S/C11H11NOS/c1-8-12-10-7-9(3-2-6-13)4-5-11(10)14-8/h2-5,7,13H,6H2,1H3/b3-2+. The fraction of sp³-hybridized carbons (Fsp3) is 0.182. The quantitative estimate of drug-likeness (QED) is 0.817. The van der Waals surface area contributed by atoms with Crippen LogP contribution in [0.5, 0.6) is 0 Å². The van der Waals surface area contributed by atoms with Crippen molar-refractivity contribution in [3.05, 3.63) is 34.8 Å². The summed E-state index contributed by atoms with van der Waals surface area (Å²) in [4.78, 5) is 4.40. The van der Waals surface area contributed by atoms with E-state index < -0.39 is 0 Å². The van der Waals surface area contributed by atoms with Crippen LogP contribution in [0.2, 0.25) is 0 Å². The van der Waals surface area contributed by atoms with Gasteiger partial charge in [0, 0.05) is 0 Å². The second-order valence-corrected chi connectivity index (χ2v) is 4.28. The highest BCUT2D eigenvalue weighted by Gasteiger charge is 1.99. The van der Waals surface area contributed by atoms with E-state index in [4.69, 9.17) is 5.11 Å². The summed E-state index contributed by atoms with van der Waals surface area (Å²) in [5, 5.41) is 9.73. The number of aliphatic hydroxyl groups excluding tert-OH is 1. The number of fused-ring (bicyclic) bond motifs is 1. The zero-order valence-electron chi connectivity index (χ0n) is 7.90. The van der Waals surface area contributed by atoms with Gasteiger partial charge in [-0.05, 0) is 24.6 Å². The molecule has 1 N–H and O–H groups in total. The monoisotopic (exact) mass is 205 g/mol. The van der Waals surface area contributed by atoms with Gasteiger partial charge < -0.3 is 5.11 Å². The Balaban J connectivity index is 2.45. The lowest BCUT2D eigenvalue weighted by molar-refractivity contribution is 0.343. The lowest BCUT2D eigenvalue weighted by atomic mass is 10.2. The SMILES string of the molecule is Cc1nc2cc(/C=C/CO)ccc2s1. The first-order valence-electron chi connectivity index (χ1n) is 4.44. The molecule has 0 spiro atoms. The van der Waals surface area contributed by atoms with E-state index in [1.165, 1.54) is 4.70 Å². The van der Waals surface area contributed by atoms with Crippen LogP contribution in [0.15, 0.2) is 24.3 Å². The summed E-state index contributed by atoms with van der Waals surface area (Å²) >= 11 is 1.70. The molecule has 0 saturated carbocycles. The van der Waals surface area contributed by atoms with Crippen LogP contribution in [0.25, 0.3) is 16.3 Å². The van der Waals surface area contributed by atoms with Crippen molar-refractivity contribution in [3.8, 4) is 0 Å². The molecule has 14 heavy (non-hydrogen) atoms. The summed E-state index contributed by atoms with van der Waals surface area (Å²) in [5.41, 5.74) is 2.12. The number of aromatic nitrogens is 1. The Labute approximate surface area is 86.5 Å². The van der Waals surface area contributed by atoms with Crippen molar-refractivity contribution >= 4 is 27.6 Å². The Bertz CT molecular complexity index is 473. The molecule has 0 aliphatic carbocycles. The average Bonchev–Trinajstić information content (AvgIpc) is 2.54. The maximum Gasteiger partial charge on any atom is 0.0907 e. The third-order valence-corrected chi connectivity index (χ3v) is 2.89. The van der Waals surface area contributed by atoms with Gasteiger partial charge in [0.05, 0.1) is 21.8 Å². The van der Waals surface area contributed by atoms with E-state index in [9.17, 15) is 0 Å². The third-order valence-electron chi connectivity index (χ3n) is 1.93. The molecule has 72 valence electrons. The Morgan fingerprint density at radius 1 is 1.50 bits per heavy atom.